The molecule has 0 atom stereocenters. The summed E-state index contributed by atoms with van der Waals surface area (Å²) in [6.45, 7) is 6.76. The molecule has 6 nitrogen and oxygen atoms in total. The molecule has 1 aliphatic rings. The number of rotatable bonds is 8. The molecule has 1 fully saturated rings. The summed E-state index contributed by atoms with van der Waals surface area (Å²) < 4.78 is 12.9. The van der Waals surface area contributed by atoms with Crippen LogP contribution in [0.15, 0.2) is 29.3 Å². The zero-order chi connectivity index (χ0) is 19.5. The van der Waals surface area contributed by atoms with Crippen LogP contribution in [0.2, 0.25) is 0 Å². The lowest BCUT2D eigenvalue weighted by Gasteiger charge is -2.32. The van der Waals surface area contributed by atoms with Gasteiger partial charge in [0.15, 0.2) is 5.96 Å². The van der Waals surface area contributed by atoms with Crippen LogP contribution in [0, 0.1) is 5.82 Å². The Kier molecular flexibility index (Phi) is 12.1. The molecule has 2 rings (SSSR count). The van der Waals surface area contributed by atoms with Crippen LogP contribution in [0.3, 0.4) is 0 Å². The second-order valence-electron chi connectivity index (χ2n) is 6.91. The van der Waals surface area contributed by atoms with Gasteiger partial charge in [0, 0.05) is 39.3 Å². The highest BCUT2D eigenvalue weighted by molar-refractivity contribution is 14.0. The molecular formula is C20H33FIN5O. The summed E-state index contributed by atoms with van der Waals surface area (Å²) in [5.41, 5.74) is 0.800. The summed E-state index contributed by atoms with van der Waals surface area (Å²) in [5, 5.41) is 9.57. The maximum atomic E-state index is 12.9. The molecule has 1 heterocycles. The van der Waals surface area contributed by atoms with Crippen molar-refractivity contribution in [2.75, 3.05) is 39.8 Å². The molecule has 0 radical (unpaired) electrons. The second-order valence-corrected chi connectivity index (χ2v) is 6.91. The summed E-state index contributed by atoms with van der Waals surface area (Å²) in [6, 6.07) is 6.44. The van der Waals surface area contributed by atoms with Gasteiger partial charge in [0.05, 0.1) is 6.42 Å². The second kappa shape index (κ2) is 13.7. The van der Waals surface area contributed by atoms with E-state index >= 15 is 0 Å². The minimum atomic E-state index is -0.293. The molecule has 1 aliphatic heterocycles. The van der Waals surface area contributed by atoms with Gasteiger partial charge in [0.2, 0.25) is 5.91 Å². The van der Waals surface area contributed by atoms with Crippen LogP contribution >= 0.6 is 24.0 Å². The van der Waals surface area contributed by atoms with Gasteiger partial charge >= 0.3 is 0 Å². The average molecular weight is 505 g/mol. The zero-order valence-electron chi connectivity index (χ0n) is 16.8. The third-order valence-electron chi connectivity index (χ3n) is 4.71. The van der Waals surface area contributed by atoms with Gasteiger partial charge in [0.1, 0.15) is 5.82 Å². The third-order valence-corrected chi connectivity index (χ3v) is 4.71. The third kappa shape index (κ3) is 9.18. The fraction of sp³-hybridized carbons (Fsp3) is 0.600. The molecule has 0 spiro atoms. The van der Waals surface area contributed by atoms with Crippen LogP contribution < -0.4 is 16.0 Å². The Morgan fingerprint density at radius 2 is 1.82 bits per heavy atom. The van der Waals surface area contributed by atoms with E-state index in [1.165, 1.54) is 25.1 Å². The number of carbonyl (C=O) groups excluding carboxylic acids is 1. The van der Waals surface area contributed by atoms with Crippen molar-refractivity contribution in [2.45, 2.75) is 38.6 Å². The summed E-state index contributed by atoms with van der Waals surface area (Å²) in [5.74, 6) is 0.407. The Morgan fingerprint density at radius 3 is 2.43 bits per heavy atom. The van der Waals surface area contributed by atoms with Crippen molar-refractivity contribution in [3.63, 3.8) is 0 Å². The number of nitrogens with one attached hydrogen (secondary N) is 3. The van der Waals surface area contributed by atoms with Gasteiger partial charge in [-0.25, -0.2) is 4.39 Å². The van der Waals surface area contributed by atoms with E-state index in [0.717, 1.165) is 37.5 Å². The SMILES string of the molecule is CCCN1CCC(NC(=NC)NCCNC(=O)Cc2ccc(F)cc2)CC1.I. The molecule has 1 amide bonds. The molecule has 0 saturated carbocycles. The molecule has 8 heteroatoms. The highest BCUT2D eigenvalue weighted by Gasteiger charge is 2.19. The summed E-state index contributed by atoms with van der Waals surface area (Å²) in [6.07, 6.45) is 3.70. The van der Waals surface area contributed by atoms with Crippen molar-refractivity contribution in [1.29, 1.82) is 0 Å². The first kappa shape index (κ1) is 24.6. The van der Waals surface area contributed by atoms with Crippen molar-refractivity contribution < 1.29 is 9.18 Å². The number of hydrogen-bond donors (Lipinski definition) is 3. The number of likely N-dealkylation sites (tertiary alicyclic amines) is 1. The van der Waals surface area contributed by atoms with E-state index in [-0.39, 0.29) is 42.1 Å². The van der Waals surface area contributed by atoms with Crippen LogP contribution in [0.4, 0.5) is 4.39 Å². The Bertz CT molecular complexity index is 603. The van der Waals surface area contributed by atoms with Crippen molar-refractivity contribution in [1.82, 2.24) is 20.9 Å². The number of piperidine rings is 1. The average Bonchev–Trinajstić information content (AvgIpc) is 2.67. The lowest BCUT2D eigenvalue weighted by atomic mass is 10.1. The Labute approximate surface area is 184 Å². The van der Waals surface area contributed by atoms with Crippen LogP contribution in [-0.2, 0) is 11.2 Å². The number of amides is 1. The molecule has 0 aliphatic carbocycles. The van der Waals surface area contributed by atoms with Crippen LogP contribution in [0.25, 0.3) is 0 Å². The molecule has 0 aromatic heterocycles. The fourth-order valence-electron chi connectivity index (χ4n) is 3.24. The highest BCUT2D eigenvalue weighted by Crippen LogP contribution is 2.10. The molecule has 1 aromatic rings. The maximum Gasteiger partial charge on any atom is 0.224 e. The largest absolute Gasteiger partial charge is 0.355 e. The highest BCUT2D eigenvalue weighted by atomic mass is 127. The van der Waals surface area contributed by atoms with Crippen LogP contribution in [0.1, 0.15) is 31.7 Å². The van der Waals surface area contributed by atoms with Gasteiger partial charge in [-0.05, 0) is 43.5 Å². The minimum absolute atomic E-state index is 0. The van der Waals surface area contributed by atoms with Crippen molar-refractivity contribution >= 4 is 35.8 Å². The normalized spacial score (nSPS) is 15.6. The van der Waals surface area contributed by atoms with Gasteiger partial charge in [-0.15, -0.1) is 24.0 Å². The molecular weight excluding hydrogens is 472 g/mol. The molecule has 1 saturated heterocycles. The van der Waals surface area contributed by atoms with E-state index in [4.69, 9.17) is 0 Å². The Balaban J connectivity index is 0.00000392. The van der Waals surface area contributed by atoms with Gasteiger partial charge in [-0.3, -0.25) is 9.79 Å². The quantitative estimate of drug-likeness (QED) is 0.219. The van der Waals surface area contributed by atoms with E-state index in [0.29, 0.717) is 19.1 Å². The number of hydrogen-bond acceptors (Lipinski definition) is 3. The first-order valence-corrected chi connectivity index (χ1v) is 9.81. The van der Waals surface area contributed by atoms with Gasteiger partial charge in [-0.1, -0.05) is 19.1 Å². The number of aliphatic imine (C=N–C) groups is 1. The minimum Gasteiger partial charge on any atom is -0.355 e. The maximum absolute atomic E-state index is 12.9. The molecule has 1 aromatic carbocycles. The number of benzene rings is 1. The summed E-state index contributed by atoms with van der Waals surface area (Å²) in [7, 11) is 1.76. The Hall–Kier alpha value is -1.42. The molecule has 158 valence electrons. The standard InChI is InChI=1S/C20H32FN5O.HI/c1-3-12-26-13-8-18(9-14-26)25-20(22-2)24-11-10-23-19(27)15-16-4-6-17(21)7-5-16;/h4-7,18H,3,8-15H2,1-2H3,(H,23,27)(H2,22,24,25);1H. The number of carbonyl (C=O) groups is 1. The molecule has 0 bridgehead atoms. The zero-order valence-corrected chi connectivity index (χ0v) is 19.2. The van der Waals surface area contributed by atoms with E-state index in [9.17, 15) is 9.18 Å². The van der Waals surface area contributed by atoms with Crippen molar-refractivity contribution in [3.05, 3.63) is 35.6 Å². The predicted octanol–water partition coefficient (Wildman–Crippen LogP) is 2.14. The van der Waals surface area contributed by atoms with Gasteiger partial charge in [-0.2, -0.15) is 0 Å². The van der Waals surface area contributed by atoms with Crippen LogP contribution in [-0.4, -0.2) is 62.6 Å². The van der Waals surface area contributed by atoms with Gasteiger partial charge < -0.3 is 20.9 Å². The Morgan fingerprint density at radius 1 is 1.18 bits per heavy atom. The van der Waals surface area contributed by atoms with E-state index < -0.39 is 0 Å². The van der Waals surface area contributed by atoms with E-state index in [1.807, 2.05) is 0 Å². The number of guanidine groups is 1. The fourth-order valence-corrected chi connectivity index (χ4v) is 3.24. The number of nitrogens with zero attached hydrogens (tertiary/aromatic N) is 2. The predicted molar refractivity (Wildman–Crippen MR) is 123 cm³/mol. The smallest absolute Gasteiger partial charge is 0.224 e. The van der Waals surface area contributed by atoms with E-state index in [1.54, 1.807) is 19.2 Å². The van der Waals surface area contributed by atoms with Crippen LogP contribution in [0.5, 0.6) is 0 Å². The number of halogens is 2. The van der Waals surface area contributed by atoms with Crippen molar-refractivity contribution in [2.24, 2.45) is 4.99 Å². The summed E-state index contributed by atoms with van der Waals surface area (Å²) in [4.78, 5) is 18.7. The van der Waals surface area contributed by atoms with Crippen molar-refractivity contribution in [3.8, 4) is 0 Å². The molecule has 0 unspecified atom stereocenters. The molecule has 3 N–H and O–H groups in total. The first-order chi connectivity index (χ1) is 13.1. The first-order valence-electron chi connectivity index (χ1n) is 9.81. The van der Waals surface area contributed by atoms with E-state index in [2.05, 4.69) is 32.8 Å². The van der Waals surface area contributed by atoms with Gasteiger partial charge in [0.25, 0.3) is 0 Å². The summed E-state index contributed by atoms with van der Waals surface area (Å²) >= 11 is 0. The lowest BCUT2D eigenvalue weighted by Crippen LogP contribution is -2.49. The molecule has 28 heavy (non-hydrogen) atoms. The monoisotopic (exact) mass is 505 g/mol. The lowest BCUT2D eigenvalue weighted by molar-refractivity contribution is -0.120. The topological polar surface area (TPSA) is 68.8 Å².